The van der Waals surface area contributed by atoms with Crippen LogP contribution < -0.4 is 14.8 Å². The molecule has 1 saturated heterocycles. The van der Waals surface area contributed by atoms with Gasteiger partial charge in [0.05, 0.1) is 37.1 Å². The second kappa shape index (κ2) is 6.11. The molecule has 1 amide bonds. The van der Waals surface area contributed by atoms with Crippen molar-refractivity contribution in [1.29, 1.82) is 0 Å². The number of ether oxygens (including phenoxy) is 2. The average molecular weight is 334 g/mol. The molecule has 1 N–H and O–H groups in total. The van der Waals surface area contributed by atoms with Crippen molar-refractivity contribution in [2.75, 3.05) is 25.7 Å². The third kappa shape index (κ3) is 3.79. The summed E-state index contributed by atoms with van der Waals surface area (Å²) < 4.78 is 33.2. The van der Waals surface area contributed by atoms with Crippen LogP contribution in [0.3, 0.4) is 0 Å². The Kier molecular flexibility index (Phi) is 4.63. The summed E-state index contributed by atoms with van der Waals surface area (Å²) in [5, 5.41) is 2.02. The minimum absolute atomic E-state index is 0.124. The largest absolute Gasteiger partial charge is 0.497 e. The molecule has 1 heterocycles. The lowest BCUT2D eigenvalue weighted by Crippen LogP contribution is -2.40. The Morgan fingerprint density at radius 2 is 1.76 bits per heavy atom. The van der Waals surface area contributed by atoms with E-state index in [1.54, 1.807) is 18.2 Å². The zero-order valence-electron chi connectivity index (χ0n) is 11.6. The smallest absolute Gasteiger partial charge is 0.251 e. The number of rotatable bonds is 4. The van der Waals surface area contributed by atoms with Gasteiger partial charge in [0.2, 0.25) is 0 Å². The first-order valence-corrected chi connectivity index (χ1v) is 8.49. The van der Waals surface area contributed by atoms with Crippen molar-refractivity contribution in [3.63, 3.8) is 0 Å². The van der Waals surface area contributed by atoms with Crippen LogP contribution in [0.5, 0.6) is 11.5 Å². The first-order valence-electron chi connectivity index (χ1n) is 6.23. The molecule has 1 aliphatic rings. The van der Waals surface area contributed by atoms with Crippen molar-refractivity contribution in [2.24, 2.45) is 0 Å². The number of halogens is 1. The average Bonchev–Trinajstić information content (AvgIpc) is 2.70. The number of hydrogen-bond donors (Lipinski definition) is 1. The van der Waals surface area contributed by atoms with Gasteiger partial charge in [-0.25, -0.2) is 8.42 Å². The summed E-state index contributed by atoms with van der Waals surface area (Å²) in [6.45, 7) is 0. The maximum atomic E-state index is 12.2. The standard InChI is InChI=1S/C13H16ClNO5S/c1-19-9-3-8(4-10(5-9)20-2)13(16)15-12-7-21(17,18)6-11(12)14/h3-5,11-12H,6-7H2,1-2H3,(H,15,16)/t11-,12-/m1/s1. The van der Waals surface area contributed by atoms with E-state index in [2.05, 4.69) is 5.32 Å². The quantitative estimate of drug-likeness (QED) is 0.826. The summed E-state index contributed by atoms with van der Waals surface area (Å²) in [6.07, 6.45) is 0. The molecule has 0 spiro atoms. The molecule has 0 unspecified atom stereocenters. The summed E-state index contributed by atoms with van der Waals surface area (Å²) in [6, 6.07) is 4.14. The fourth-order valence-electron chi connectivity index (χ4n) is 2.13. The topological polar surface area (TPSA) is 81.7 Å². The molecule has 0 saturated carbocycles. The second-order valence-corrected chi connectivity index (χ2v) is 7.49. The zero-order valence-corrected chi connectivity index (χ0v) is 13.2. The van der Waals surface area contributed by atoms with Gasteiger partial charge in [0.15, 0.2) is 9.84 Å². The molecule has 0 bridgehead atoms. The molecule has 116 valence electrons. The van der Waals surface area contributed by atoms with Crippen molar-refractivity contribution in [1.82, 2.24) is 5.32 Å². The van der Waals surface area contributed by atoms with E-state index < -0.39 is 27.2 Å². The lowest BCUT2D eigenvalue weighted by atomic mass is 10.1. The minimum Gasteiger partial charge on any atom is -0.497 e. The van der Waals surface area contributed by atoms with Gasteiger partial charge < -0.3 is 14.8 Å². The molecule has 0 aliphatic carbocycles. The van der Waals surface area contributed by atoms with Gasteiger partial charge in [-0.15, -0.1) is 11.6 Å². The van der Waals surface area contributed by atoms with E-state index in [0.717, 1.165) is 0 Å². The summed E-state index contributed by atoms with van der Waals surface area (Å²) in [5.41, 5.74) is 0.319. The summed E-state index contributed by atoms with van der Waals surface area (Å²) in [7, 11) is -0.232. The van der Waals surface area contributed by atoms with E-state index in [-0.39, 0.29) is 11.5 Å². The molecule has 21 heavy (non-hydrogen) atoms. The first kappa shape index (κ1) is 15.9. The predicted octanol–water partition coefficient (Wildman–Crippen LogP) is 0.838. The fourth-order valence-corrected chi connectivity index (χ4v) is 4.68. The Hall–Kier alpha value is -1.47. The number of alkyl halides is 1. The lowest BCUT2D eigenvalue weighted by molar-refractivity contribution is 0.0941. The van der Waals surface area contributed by atoms with Gasteiger partial charge >= 0.3 is 0 Å². The molecule has 2 atom stereocenters. The van der Waals surface area contributed by atoms with Crippen LogP contribution in [0, 0.1) is 0 Å². The monoisotopic (exact) mass is 333 g/mol. The van der Waals surface area contributed by atoms with Crippen LogP contribution in [-0.4, -0.2) is 51.5 Å². The Bertz CT molecular complexity index is 624. The molecule has 8 heteroatoms. The third-order valence-corrected chi connectivity index (χ3v) is 5.59. The minimum atomic E-state index is -3.19. The molecule has 0 radical (unpaired) electrons. The number of benzene rings is 1. The number of sulfone groups is 1. The summed E-state index contributed by atoms with van der Waals surface area (Å²) in [4.78, 5) is 12.2. The Morgan fingerprint density at radius 3 is 2.19 bits per heavy atom. The van der Waals surface area contributed by atoms with Gasteiger partial charge in [0.25, 0.3) is 5.91 Å². The van der Waals surface area contributed by atoms with E-state index in [9.17, 15) is 13.2 Å². The normalized spacial score (nSPS) is 23.6. The fraction of sp³-hybridized carbons (Fsp3) is 0.462. The number of hydrogen-bond acceptors (Lipinski definition) is 5. The van der Waals surface area contributed by atoms with E-state index in [4.69, 9.17) is 21.1 Å². The number of carbonyl (C=O) groups excluding carboxylic acids is 1. The van der Waals surface area contributed by atoms with Crippen molar-refractivity contribution in [2.45, 2.75) is 11.4 Å². The molecular weight excluding hydrogens is 318 g/mol. The van der Waals surface area contributed by atoms with Crippen LogP contribution in [-0.2, 0) is 9.84 Å². The van der Waals surface area contributed by atoms with Gasteiger partial charge in [0.1, 0.15) is 11.5 Å². The Balaban J connectivity index is 2.17. The van der Waals surface area contributed by atoms with Gasteiger partial charge in [-0.1, -0.05) is 0 Å². The van der Waals surface area contributed by atoms with E-state index in [0.29, 0.717) is 17.1 Å². The van der Waals surface area contributed by atoms with Crippen LogP contribution >= 0.6 is 11.6 Å². The van der Waals surface area contributed by atoms with Crippen LogP contribution in [0.2, 0.25) is 0 Å². The molecular formula is C13H16ClNO5S. The third-order valence-electron chi connectivity index (χ3n) is 3.21. The van der Waals surface area contributed by atoms with Crippen LogP contribution in [0.1, 0.15) is 10.4 Å². The number of nitrogens with one attached hydrogen (secondary N) is 1. The maximum absolute atomic E-state index is 12.2. The van der Waals surface area contributed by atoms with Crippen LogP contribution in [0.25, 0.3) is 0 Å². The number of carbonyl (C=O) groups is 1. The molecule has 0 aromatic heterocycles. The predicted molar refractivity (Wildman–Crippen MR) is 79.1 cm³/mol. The van der Waals surface area contributed by atoms with Gasteiger partial charge in [-0.05, 0) is 12.1 Å². The summed E-state index contributed by atoms with van der Waals surface area (Å²) in [5.74, 6) is 0.261. The Labute approximate surface area is 128 Å². The second-order valence-electron chi connectivity index (χ2n) is 4.77. The highest BCUT2D eigenvalue weighted by molar-refractivity contribution is 7.91. The summed E-state index contributed by atoms with van der Waals surface area (Å²) >= 11 is 5.97. The maximum Gasteiger partial charge on any atom is 0.251 e. The number of methoxy groups -OCH3 is 2. The van der Waals surface area contributed by atoms with Crippen molar-refractivity contribution in [3.05, 3.63) is 23.8 Å². The highest BCUT2D eigenvalue weighted by Crippen LogP contribution is 2.23. The molecule has 1 fully saturated rings. The number of amides is 1. The molecule has 6 nitrogen and oxygen atoms in total. The first-order chi connectivity index (χ1) is 9.84. The van der Waals surface area contributed by atoms with Crippen LogP contribution in [0.4, 0.5) is 0 Å². The molecule has 1 aromatic carbocycles. The van der Waals surface area contributed by atoms with Crippen molar-refractivity contribution < 1.29 is 22.7 Å². The van der Waals surface area contributed by atoms with Gasteiger partial charge in [0, 0.05) is 11.6 Å². The SMILES string of the molecule is COc1cc(OC)cc(C(=O)N[C@@H]2CS(=O)(=O)C[C@H]2Cl)c1. The lowest BCUT2D eigenvalue weighted by Gasteiger charge is -2.15. The van der Waals surface area contributed by atoms with E-state index in [1.807, 2.05) is 0 Å². The highest BCUT2D eigenvalue weighted by Gasteiger charge is 2.37. The van der Waals surface area contributed by atoms with Gasteiger partial charge in [-0.3, -0.25) is 4.79 Å². The van der Waals surface area contributed by atoms with Gasteiger partial charge in [-0.2, -0.15) is 0 Å². The van der Waals surface area contributed by atoms with Crippen molar-refractivity contribution in [3.8, 4) is 11.5 Å². The van der Waals surface area contributed by atoms with E-state index in [1.165, 1.54) is 14.2 Å². The Morgan fingerprint density at radius 1 is 1.19 bits per heavy atom. The zero-order chi connectivity index (χ0) is 15.6. The highest BCUT2D eigenvalue weighted by atomic mass is 35.5. The van der Waals surface area contributed by atoms with E-state index >= 15 is 0 Å². The molecule has 1 aromatic rings. The van der Waals surface area contributed by atoms with Crippen molar-refractivity contribution >= 4 is 27.3 Å². The molecule has 2 rings (SSSR count). The van der Waals surface area contributed by atoms with Crippen LogP contribution in [0.15, 0.2) is 18.2 Å². The molecule has 1 aliphatic heterocycles.